The first-order chi connectivity index (χ1) is 10.2. The van der Waals surface area contributed by atoms with Crippen molar-refractivity contribution in [2.45, 2.75) is 65.6 Å². The van der Waals surface area contributed by atoms with E-state index < -0.39 is 5.60 Å². The van der Waals surface area contributed by atoms with Crippen molar-refractivity contribution in [1.82, 2.24) is 4.90 Å². The van der Waals surface area contributed by atoms with E-state index in [1.54, 1.807) is 11.8 Å². The molecule has 1 atom stereocenters. The van der Waals surface area contributed by atoms with Gasteiger partial charge in [-0.05, 0) is 46.6 Å². The molecule has 0 heterocycles. The Hall–Kier alpha value is -1.84. The first-order valence-corrected chi connectivity index (χ1v) is 7.72. The Labute approximate surface area is 133 Å². The molecule has 1 unspecified atom stereocenters. The van der Waals surface area contributed by atoms with Crippen LogP contribution in [0.25, 0.3) is 0 Å². The number of nitrogens with zero attached hydrogens (tertiary/aromatic N) is 1. The first kappa shape index (κ1) is 18.2. The van der Waals surface area contributed by atoms with Crippen LogP contribution in [0.2, 0.25) is 0 Å². The third-order valence-electron chi connectivity index (χ3n) is 3.27. The van der Waals surface area contributed by atoms with Crippen LogP contribution >= 0.6 is 0 Å². The maximum Gasteiger partial charge on any atom is 0.410 e. The average molecular weight is 305 g/mol. The molecule has 1 amide bonds. The van der Waals surface area contributed by atoms with Gasteiger partial charge >= 0.3 is 6.09 Å². The number of hydrogen-bond donors (Lipinski definition) is 0. The summed E-state index contributed by atoms with van der Waals surface area (Å²) < 4.78 is 5.50. The maximum absolute atomic E-state index is 12.5. The van der Waals surface area contributed by atoms with Gasteiger partial charge in [-0.15, -0.1) is 0 Å². The molecule has 0 saturated heterocycles. The third-order valence-corrected chi connectivity index (χ3v) is 3.27. The van der Waals surface area contributed by atoms with Gasteiger partial charge in [0.25, 0.3) is 0 Å². The molecule has 22 heavy (non-hydrogen) atoms. The van der Waals surface area contributed by atoms with Gasteiger partial charge in [0.15, 0.2) is 0 Å². The number of rotatable bonds is 6. The zero-order valence-electron chi connectivity index (χ0n) is 14.3. The summed E-state index contributed by atoms with van der Waals surface area (Å²) in [5.41, 5.74) is 0.509. The van der Waals surface area contributed by atoms with Crippen LogP contribution in [0, 0.1) is 0 Å². The van der Waals surface area contributed by atoms with Crippen molar-refractivity contribution in [2.75, 3.05) is 0 Å². The standard InChI is InChI=1S/C18H27NO3/c1-14(11-12-15(2)20)19(17(21)22-18(3,4)5)13-16-9-7-6-8-10-16/h6-10,14H,11-13H2,1-5H3. The molecule has 1 rings (SSSR count). The van der Waals surface area contributed by atoms with Gasteiger partial charge in [0.1, 0.15) is 11.4 Å². The average Bonchev–Trinajstić information content (AvgIpc) is 2.41. The number of benzene rings is 1. The Bertz CT molecular complexity index is 491. The second kappa shape index (κ2) is 7.97. The quantitative estimate of drug-likeness (QED) is 0.792. The number of Topliss-reactive ketones (excluding diaryl/α,β-unsaturated/α-hetero) is 1. The van der Waals surface area contributed by atoms with E-state index in [4.69, 9.17) is 4.74 Å². The number of carbonyl (C=O) groups is 2. The molecular formula is C18H27NO3. The Kier molecular flexibility index (Phi) is 6.60. The molecule has 4 heteroatoms. The number of ether oxygens (including phenoxy) is 1. The largest absolute Gasteiger partial charge is 0.444 e. The minimum Gasteiger partial charge on any atom is -0.444 e. The van der Waals surface area contributed by atoms with Crippen molar-refractivity contribution in [3.63, 3.8) is 0 Å². The molecule has 1 aromatic carbocycles. The highest BCUT2D eigenvalue weighted by molar-refractivity contribution is 5.75. The van der Waals surface area contributed by atoms with E-state index in [0.29, 0.717) is 19.4 Å². The van der Waals surface area contributed by atoms with E-state index in [1.807, 2.05) is 58.0 Å². The second-order valence-electron chi connectivity index (χ2n) is 6.68. The van der Waals surface area contributed by atoms with Crippen LogP contribution in [0.3, 0.4) is 0 Å². The van der Waals surface area contributed by atoms with Gasteiger partial charge in [-0.2, -0.15) is 0 Å². The number of amides is 1. The summed E-state index contributed by atoms with van der Waals surface area (Å²) in [7, 11) is 0. The highest BCUT2D eigenvalue weighted by Gasteiger charge is 2.26. The molecule has 1 aromatic rings. The van der Waals surface area contributed by atoms with Gasteiger partial charge in [-0.25, -0.2) is 4.79 Å². The molecule has 122 valence electrons. The van der Waals surface area contributed by atoms with Crippen molar-refractivity contribution in [3.05, 3.63) is 35.9 Å². The van der Waals surface area contributed by atoms with Crippen LogP contribution in [0.15, 0.2) is 30.3 Å². The summed E-state index contributed by atoms with van der Waals surface area (Å²) in [6.45, 7) is 9.57. The molecule has 0 fully saturated rings. The smallest absolute Gasteiger partial charge is 0.410 e. The molecule has 0 N–H and O–H groups in total. The Balaban J connectivity index is 2.84. The van der Waals surface area contributed by atoms with Crippen LogP contribution in [-0.4, -0.2) is 28.4 Å². The zero-order chi connectivity index (χ0) is 16.8. The normalized spacial score (nSPS) is 12.6. The molecule has 0 aliphatic rings. The highest BCUT2D eigenvalue weighted by atomic mass is 16.6. The van der Waals surface area contributed by atoms with Gasteiger partial charge in [0.2, 0.25) is 0 Å². The van der Waals surface area contributed by atoms with Gasteiger partial charge in [-0.1, -0.05) is 30.3 Å². The van der Waals surface area contributed by atoms with Crippen LogP contribution in [0.5, 0.6) is 0 Å². The lowest BCUT2D eigenvalue weighted by Crippen LogP contribution is -2.41. The van der Waals surface area contributed by atoms with Gasteiger partial charge in [-0.3, -0.25) is 0 Å². The number of hydrogen-bond acceptors (Lipinski definition) is 3. The fourth-order valence-electron chi connectivity index (χ4n) is 2.07. The van der Waals surface area contributed by atoms with E-state index in [9.17, 15) is 9.59 Å². The highest BCUT2D eigenvalue weighted by Crippen LogP contribution is 2.17. The summed E-state index contributed by atoms with van der Waals surface area (Å²) in [6, 6.07) is 9.75. The lowest BCUT2D eigenvalue weighted by Gasteiger charge is -2.32. The molecule has 4 nitrogen and oxygen atoms in total. The van der Waals surface area contributed by atoms with Gasteiger partial charge < -0.3 is 14.4 Å². The molecule has 0 aliphatic heterocycles. The zero-order valence-corrected chi connectivity index (χ0v) is 14.3. The van der Waals surface area contributed by atoms with Crippen molar-refractivity contribution in [1.29, 1.82) is 0 Å². The fourth-order valence-corrected chi connectivity index (χ4v) is 2.07. The van der Waals surface area contributed by atoms with Crippen molar-refractivity contribution in [3.8, 4) is 0 Å². The Morgan fingerprint density at radius 3 is 2.27 bits per heavy atom. The van der Waals surface area contributed by atoms with Crippen molar-refractivity contribution in [2.24, 2.45) is 0 Å². The molecule has 0 spiro atoms. The minimum absolute atomic E-state index is 0.0565. The number of carbonyl (C=O) groups excluding carboxylic acids is 2. The lowest BCUT2D eigenvalue weighted by molar-refractivity contribution is -0.117. The van der Waals surface area contributed by atoms with Crippen LogP contribution in [0.1, 0.15) is 53.0 Å². The minimum atomic E-state index is -0.535. The van der Waals surface area contributed by atoms with E-state index in [-0.39, 0.29) is 17.9 Å². The summed E-state index contributed by atoms with van der Waals surface area (Å²) in [5, 5.41) is 0. The molecule has 0 aromatic heterocycles. The lowest BCUT2D eigenvalue weighted by atomic mass is 10.1. The van der Waals surface area contributed by atoms with Gasteiger partial charge in [0, 0.05) is 19.0 Å². The Morgan fingerprint density at radius 1 is 1.18 bits per heavy atom. The van der Waals surface area contributed by atoms with Crippen molar-refractivity contribution >= 4 is 11.9 Å². The van der Waals surface area contributed by atoms with Crippen LogP contribution in [0.4, 0.5) is 4.79 Å². The predicted molar refractivity (Wildman–Crippen MR) is 87.6 cm³/mol. The van der Waals surface area contributed by atoms with E-state index >= 15 is 0 Å². The SMILES string of the molecule is CC(=O)CCC(C)N(Cc1ccccc1)C(=O)OC(C)(C)C. The fraction of sp³-hybridized carbons (Fsp3) is 0.556. The topological polar surface area (TPSA) is 46.6 Å². The second-order valence-corrected chi connectivity index (χ2v) is 6.68. The number of ketones is 1. The monoisotopic (exact) mass is 305 g/mol. The van der Waals surface area contributed by atoms with Crippen molar-refractivity contribution < 1.29 is 14.3 Å². The molecule has 0 aliphatic carbocycles. The van der Waals surface area contributed by atoms with E-state index in [2.05, 4.69) is 0 Å². The van der Waals surface area contributed by atoms with E-state index in [0.717, 1.165) is 5.56 Å². The van der Waals surface area contributed by atoms with E-state index in [1.165, 1.54) is 0 Å². The molecule has 0 saturated carbocycles. The third kappa shape index (κ3) is 6.74. The summed E-state index contributed by atoms with van der Waals surface area (Å²) in [6.07, 6.45) is 0.767. The Morgan fingerprint density at radius 2 is 1.77 bits per heavy atom. The summed E-state index contributed by atoms with van der Waals surface area (Å²) in [4.78, 5) is 25.4. The first-order valence-electron chi connectivity index (χ1n) is 7.72. The predicted octanol–water partition coefficient (Wildman–Crippen LogP) is 4.18. The summed E-state index contributed by atoms with van der Waals surface area (Å²) >= 11 is 0. The summed E-state index contributed by atoms with van der Waals surface area (Å²) in [5.74, 6) is 0.135. The maximum atomic E-state index is 12.5. The molecule has 0 bridgehead atoms. The molecular weight excluding hydrogens is 278 g/mol. The van der Waals surface area contributed by atoms with Crippen LogP contribution in [-0.2, 0) is 16.1 Å². The van der Waals surface area contributed by atoms with Crippen LogP contribution < -0.4 is 0 Å². The molecule has 0 radical (unpaired) electrons. The van der Waals surface area contributed by atoms with Gasteiger partial charge in [0.05, 0.1) is 0 Å².